The summed E-state index contributed by atoms with van der Waals surface area (Å²) in [4.78, 5) is 14.1. The minimum Gasteiger partial charge on any atom is -0.496 e. The molecule has 1 aromatic carbocycles. The van der Waals surface area contributed by atoms with Gasteiger partial charge in [-0.1, -0.05) is 19.9 Å². The average molecular weight is 478 g/mol. The molecule has 0 aliphatic carbocycles. The lowest BCUT2D eigenvalue weighted by Crippen LogP contribution is -2.33. The monoisotopic (exact) mass is 478 g/mol. The summed E-state index contributed by atoms with van der Waals surface area (Å²) in [6, 6.07) is 5.71. The number of hydrogen-bond acceptors (Lipinski definition) is 4. The number of carbonyl (C=O) groups excluding carboxylic acids is 1. The van der Waals surface area contributed by atoms with Crippen molar-refractivity contribution in [2.45, 2.75) is 44.9 Å². The largest absolute Gasteiger partial charge is 0.496 e. The van der Waals surface area contributed by atoms with Crippen molar-refractivity contribution in [3.8, 4) is 5.75 Å². The van der Waals surface area contributed by atoms with E-state index in [9.17, 15) is 31.1 Å². The minimum absolute atomic E-state index is 0.0958. The molecule has 11 heteroatoms. The van der Waals surface area contributed by atoms with Gasteiger partial charge in [0, 0.05) is 23.1 Å². The number of aromatic nitrogens is 1. The molecule has 1 fully saturated rings. The number of halogens is 6. The summed E-state index contributed by atoms with van der Waals surface area (Å²) >= 11 is 0. The molecule has 1 N–H and O–H groups in total. The molecule has 1 aliphatic rings. The van der Waals surface area contributed by atoms with Crippen LogP contribution < -0.4 is 10.1 Å². The average Bonchev–Trinajstić information content (AvgIpc) is 3.16. The summed E-state index contributed by atoms with van der Waals surface area (Å²) in [7, 11) is 1.08. The summed E-state index contributed by atoms with van der Waals surface area (Å²) in [6.07, 6.45) is -6.46. The molecule has 5 nitrogen and oxygen atoms in total. The highest BCUT2D eigenvalue weighted by molar-refractivity contribution is 5.70. The maximum atomic E-state index is 13.5. The topological polar surface area (TPSA) is 60.5 Å². The number of nitrogens with zero attached hydrogens (tertiary/aromatic N) is 1. The lowest BCUT2D eigenvalue weighted by molar-refractivity contribution is -0.215. The highest BCUT2D eigenvalue weighted by atomic mass is 19.4. The Balaban J connectivity index is 0.000000294. The predicted octanol–water partition coefficient (Wildman–Crippen LogP) is 5.67. The van der Waals surface area contributed by atoms with Gasteiger partial charge in [0.1, 0.15) is 11.6 Å². The summed E-state index contributed by atoms with van der Waals surface area (Å²) in [5.74, 6) is -3.38. The summed E-state index contributed by atoms with van der Waals surface area (Å²) in [5.41, 5.74) is 0.916. The van der Waals surface area contributed by atoms with Crippen molar-refractivity contribution in [2.24, 2.45) is 5.92 Å². The van der Waals surface area contributed by atoms with Gasteiger partial charge in [-0.05, 0) is 24.6 Å². The van der Waals surface area contributed by atoms with Gasteiger partial charge < -0.3 is 14.8 Å². The number of rotatable bonds is 6. The first kappa shape index (κ1) is 26.4. The van der Waals surface area contributed by atoms with Crippen molar-refractivity contribution >= 4 is 12.1 Å². The van der Waals surface area contributed by atoms with Gasteiger partial charge in [0.25, 0.3) is 6.43 Å². The Labute approximate surface area is 187 Å². The first-order chi connectivity index (χ1) is 15.5. The number of alkyl halides is 5. The number of carbonyl (C=O) groups is 1. The van der Waals surface area contributed by atoms with Crippen molar-refractivity contribution in [3.63, 3.8) is 0 Å². The van der Waals surface area contributed by atoms with Gasteiger partial charge in [0.15, 0.2) is 6.10 Å². The number of anilines is 1. The predicted molar refractivity (Wildman–Crippen MR) is 109 cm³/mol. The molecule has 0 saturated carbocycles. The number of methoxy groups -OCH3 is 1. The molecule has 1 aliphatic heterocycles. The Morgan fingerprint density at radius 1 is 1.27 bits per heavy atom. The molecule has 3 atom stereocenters. The number of benzene rings is 1. The van der Waals surface area contributed by atoms with Gasteiger partial charge in [-0.3, -0.25) is 9.78 Å². The van der Waals surface area contributed by atoms with E-state index in [2.05, 4.69) is 10.3 Å². The summed E-state index contributed by atoms with van der Waals surface area (Å²) in [6.45, 7) is 3.06. The van der Waals surface area contributed by atoms with Gasteiger partial charge in [-0.15, -0.1) is 0 Å². The zero-order valence-corrected chi connectivity index (χ0v) is 18.1. The zero-order chi connectivity index (χ0) is 24.8. The van der Waals surface area contributed by atoms with Gasteiger partial charge >= 0.3 is 6.18 Å². The second-order valence-electron chi connectivity index (χ2n) is 7.30. The van der Waals surface area contributed by atoms with Crippen LogP contribution in [-0.4, -0.2) is 37.4 Å². The van der Waals surface area contributed by atoms with Crippen LogP contribution >= 0.6 is 0 Å². The third-order valence-electron chi connectivity index (χ3n) is 5.30. The molecule has 0 bridgehead atoms. The van der Waals surface area contributed by atoms with Gasteiger partial charge in [-0.25, -0.2) is 13.2 Å². The van der Waals surface area contributed by atoms with Crippen LogP contribution in [0.4, 0.5) is 32.0 Å². The SMILES string of the molecule is CCc1ccc(NC=O)cn1.COc1c(C2COC(C(F)(F)F)C2C)ccc(F)c1C(F)F. The quantitative estimate of drug-likeness (QED) is 0.430. The highest BCUT2D eigenvalue weighted by Gasteiger charge is 2.51. The zero-order valence-electron chi connectivity index (χ0n) is 18.1. The van der Waals surface area contributed by atoms with E-state index in [0.717, 1.165) is 31.0 Å². The van der Waals surface area contributed by atoms with Crippen LogP contribution in [0.15, 0.2) is 30.5 Å². The van der Waals surface area contributed by atoms with E-state index in [0.29, 0.717) is 6.41 Å². The molecule has 1 saturated heterocycles. The second-order valence-corrected chi connectivity index (χ2v) is 7.30. The third-order valence-corrected chi connectivity index (χ3v) is 5.30. The van der Waals surface area contributed by atoms with Crippen LogP contribution in [-0.2, 0) is 16.0 Å². The van der Waals surface area contributed by atoms with Gasteiger partial charge in [-0.2, -0.15) is 13.2 Å². The normalized spacial score (nSPS) is 20.2. The summed E-state index contributed by atoms with van der Waals surface area (Å²) < 4.78 is 87.6. The van der Waals surface area contributed by atoms with Crippen LogP contribution in [0.25, 0.3) is 0 Å². The van der Waals surface area contributed by atoms with Crippen molar-refractivity contribution in [1.82, 2.24) is 4.98 Å². The number of ether oxygens (including phenoxy) is 2. The van der Waals surface area contributed by atoms with E-state index < -0.39 is 47.7 Å². The lowest BCUT2D eigenvalue weighted by Gasteiger charge is -2.23. The fourth-order valence-electron chi connectivity index (χ4n) is 3.59. The smallest absolute Gasteiger partial charge is 0.414 e. The molecule has 1 aromatic heterocycles. The number of nitrogens with one attached hydrogen (secondary N) is 1. The molecular formula is C22H24F6N2O3. The van der Waals surface area contributed by atoms with Crippen LogP contribution in [0, 0.1) is 11.7 Å². The van der Waals surface area contributed by atoms with E-state index in [1.54, 1.807) is 6.20 Å². The third kappa shape index (κ3) is 6.37. The fraction of sp³-hybridized carbons (Fsp3) is 0.455. The Kier molecular flexibility index (Phi) is 9.09. The standard InChI is InChI=1S/C14H14F6O2.C8H10N2O/c1-6-8(5-22-12(6)14(18,19)20)7-3-4-9(15)10(13(16)17)11(7)21-2;1-2-7-3-4-8(5-9-7)10-6-11/h3-4,6,8,12-13H,5H2,1-2H3;3-6H,2H2,1H3,(H,10,11). The molecule has 33 heavy (non-hydrogen) atoms. The van der Waals surface area contributed by atoms with Crippen molar-refractivity contribution in [3.05, 3.63) is 53.1 Å². The molecule has 182 valence electrons. The van der Waals surface area contributed by atoms with E-state index in [4.69, 9.17) is 9.47 Å². The maximum Gasteiger partial charge on any atom is 0.414 e. The van der Waals surface area contributed by atoms with Crippen LogP contribution in [0.3, 0.4) is 0 Å². The van der Waals surface area contributed by atoms with Crippen LogP contribution in [0.1, 0.15) is 43.0 Å². The van der Waals surface area contributed by atoms with E-state index in [-0.39, 0.29) is 12.2 Å². The first-order valence-corrected chi connectivity index (χ1v) is 10.0. The second kappa shape index (κ2) is 11.4. The highest BCUT2D eigenvalue weighted by Crippen LogP contribution is 2.46. The number of pyridine rings is 1. The molecule has 2 aromatic rings. The molecule has 2 heterocycles. The Morgan fingerprint density at radius 3 is 2.42 bits per heavy atom. The molecule has 3 unspecified atom stereocenters. The van der Waals surface area contributed by atoms with Crippen LogP contribution in [0.5, 0.6) is 5.75 Å². The number of hydrogen-bond donors (Lipinski definition) is 1. The number of aryl methyl sites for hydroxylation is 1. The van der Waals surface area contributed by atoms with E-state index >= 15 is 0 Å². The fourth-order valence-corrected chi connectivity index (χ4v) is 3.59. The Hall–Kier alpha value is -2.82. The van der Waals surface area contributed by atoms with E-state index in [1.807, 2.05) is 19.1 Å². The number of amides is 1. The van der Waals surface area contributed by atoms with Crippen molar-refractivity contribution in [1.29, 1.82) is 0 Å². The molecule has 3 rings (SSSR count). The first-order valence-electron chi connectivity index (χ1n) is 10.0. The lowest BCUT2D eigenvalue weighted by atomic mass is 9.85. The Bertz CT molecular complexity index is 922. The van der Waals surface area contributed by atoms with Crippen molar-refractivity contribution < 1.29 is 40.6 Å². The molecular weight excluding hydrogens is 454 g/mol. The van der Waals surface area contributed by atoms with Crippen LogP contribution in [0.2, 0.25) is 0 Å². The van der Waals surface area contributed by atoms with Gasteiger partial charge in [0.05, 0.1) is 31.2 Å². The summed E-state index contributed by atoms with van der Waals surface area (Å²) in [5, 5.41) is 2.52. The van der Waals surface area contributed by atoms with Gasteiger partial charge in [0.2, 0.25) is 6.41 Å². The molecule has 0 spiro atoms. The van der Waals surface area contributed by atoms with E-state index in [1.165, 1.54) is 13.0 Å². The Morgan fingerprint density at radius 2 is 1.97 bits per heavy atom. The molecule has 1 amide bonds. The minimum atomic E-state index is -4.55. The molecule has 0 radical (unpaired) electrons. The van der Waals surface area contributed by atoms with Crippen molar-refractivity contribution in [2.75, 3.05) is 19.0 Å². The maximum absolute atomic E-state index is 13.5.